The molecule has 0 heterocycles. The van der Waals surface area contributed by atoms with Gasteiger partial charge >= 0.3 is 147 Å². The Morgan fingerprint density at radius 3 is 0.818 bits per heavy atom. The standard InChI is InChI=1S/2In.4O.Sb.Sn.3Zn.7H. The van der Waals surface area contributed by atoms with Crippen molar-refractivity contribution in [3.63, 3.8) is 0 Å². The van der Waals surface area contributed by atoms with Gasteiger partial charge in [-0.25, -0.2) is 0 Å². The Hall–Kier alpha value is 4.43. The first-order valence-corrected chi connectivity index (χ1v) is 5.74. The molecule has 0 saturated carbocycles. The normalized spacial score (nSPS) is 1.82. The van der Waals surface area contributed by atoms with E-state index in [1.807, 2.05) is 0 Å². The molecule has 0 rings (SSSR count). The fourth-order valence-corrected chi connectivity index (χ4v) is 0. The Bertz CT molecular complexity index is 31.3. The van der Waals surface area contributed by atoms with Crippen LogP contribution >= 0.6 is 0 Å². The summed E-state index contributed by atoms with van der Waals surface area (Å²) in [6.45, 7) is 0. The monoisotopic (exact) mass is 733 g/mol. The van der Waals surface area contributed by atoms with Crippen LogP contribution in [0.3, 0.4) is 0 Å². The van der Waals surface area contributed by atoms with E-state index in [9.17, 15) is 0 Å². The van der Waals surface area contributed by atoms with E-state index >= 15 is 0 Å². The molecule has 2 radical (unpaired) electrons. The zero-order valence-corrected chi connectivity index (χ0v) is 19.4. The molecule has 0 unspecified atom stereocenters. The molecule has 0 fully saturated rings. The van der Waals surface area contributed by atoms with E-state index in [4.69, 9.17) is 13.2 Å². The molecule has 0 saturated heterocycles. The second-order valence-corrected chi connectivity index (χ2v) is 0. The van der Waals surface area contributed by atoms with Crippen LogP contribution < -0.4 is 0 Å². The van der Waals surface area contributed by atoms with Crippen LogP contribution in [0.25, 0.3) is 0 Å². The van der Waals surface area contributed by atoms with Gasteiger partial charge in [-0.3, -0.25) is 0 Å². The average molecular weight is 737 g/mol. The Kier molecular flexibility index (Phi) is 545. The van der Waals surface area contributed by atoms with Crippen molar-refractivity contribution in [3.05, 3.63) is 0 Å². The van der Waals surface area contributed by atoms with Crippen molar-refractivity contribution in [3.8, 4) is 0 Å². The van der Waals surface area contributed by atoms with Crippen LogP contribution in [0.4, 0.5) is 0 Å². The topological polar surface area (TPSA) is 68.3 Å². The second kappa shape index (κ2) is 133. The maximum atomic E-state index is 8.38. The molecule has 11 heavy (non-hydrogen) atoms. The second-order valence-electron chi connectivity index (χ2n) is 0. The van der Waals surface area contributed by atoms with Crippen molar-refractivity contribution in [2.24, 2.45) is 0 Å². The molecule has 0 amide bonds. The third kappa shape index (κ3) is 114. The Morgan fingerprint density at radius 1 is 0.818 bits per heavy atom. The minimum atomic E-state index is 0. The summed E-state index contributed by atoms with van der Waals surface area (Å²) in [7, 11) is 0. The van der Waals surface area contributed by atoms with Crippen molar-refractivity contribution in [1.29, 1.82) is 0 Å². The molecule has 0 aromatic carbocycles. The molecule has 0 aromatic heterocycles. The summed E-state index contributed by atoms with van der Waals surface area (Å²) in [6, 6.07) is 0. The van der Waals surface area contributed by atoms with E-state index in [0.29, 0.717) is 45.5 Å². The third-order valence-electron chi connectivity index (χ3n) is 0. The predicted molar refractivity (Wildman–Crippen MR) is 35.5 cm³/mol. The van der Waals surface area contributed by atoms with Gasteiger partial charge in [0.25, 0.3) is 0 Å². The van der Waals surface area contributed by atoms with Crippen LogP contribution in [0.1, 0.15) is 0 Å². The molecule has 0 aliphatic carbocycles. The van der Waals surface area contributed by atoms with E-state index in [0.717, 1.165) is 0 Å². The first-order valence-electron chi connectivity index (χ1n) is 0.986. The summed E-state index contributed by atoms with van der Waals surface area (Å²) in [6.07, 6.45) is 0. The Balaban J connectivity index is -0.00000000356. The summed E-state index contributed by atoms with van der Waals surface area (Å²) < 4.78 is 33.4. The first kappa shape index (κ1) is 45.2. The van der Waals surface area contributed by atoms with Crippen molar-refractivity contribution in [2.45, 2.75) is 0 Å². The summed E-state index contributed by atoms with van der Waals surface area (Å²) in [4.78, 5) is 0. The van der Waals surface area contributed by atoms with Gasteiger partial charge in [0.2, 0.25) is 0 Å². The van der Waals surface area contributed by atoms with E-state index < -0.39 is 0 Å². The van der Waals surface area contributed by atoms with Gasteiger partial charge in [0, 0.05) is 19.5 Å². The smallest absolute Gasteiger partial charge is 0 e. The molecule has 0 atom stereocenters. The first-order chi connectivity index (χ1) is 4.00. The molecule has 0 aromatic rings. The largest absolute Gasteiger partial charge is 0 e. The summed E-state index contributed by atoms with van der Waals surface area (Å²) in [5, 5.41) is 0. The van der Waals surface area contributed by atoms with E-state index in [1.54, 1.807) is 0 Å². The zero-order valence-electron chi connectivity index (χ0n) is 4.75. The molecule has 0 N–H and O–H groups in total. The number of rotatable bonds is 0. The van der Waals surface area contributed by atoms with Crippen LogP contribution in [0.2, 0.25) is 0 Å². The minimum absolute atomic E-state index is 0. The van der Waals surface area contributed by atoms with E-state index in [-0.39, 0.29) is 108 Å². The van der Waals surface area contributed by atoms with Gasteiger partial charge in [0.15, 0.2) is 0 Å². The fourth-order valence-electron chi connectivity index (χ4n) is 0. The van der Waals surface area contributed by atoms with Crippen LogP contribution in [0.15, 0.2) is 0 Å². The van der Waals surface area contributed by atoms with Gasteiger partial charge in [-0.05, 0) is 0 Å². The van der Waals surface area contributed by atoms with Crippen molar-refractivity contribution in [2.75, 3.05) is 0 Å². The molecule has 0 aliphatic heterocycles. The fraction of sp³-hybridized carbons (Fsp3) is 0. The maximum Gasteiger partial charge on any atom is 0 e. The maximum absolute atomic E-state index is 8.38. The van der Waals surface area contributed by atoms with Crippen LogP contribution in [-0.2, 0) is 69.2 Å². The molecule has 11 heteroatoms. The quantitative estimate of drug-likeness (QED) is 0.239. The molecule has 0 bridgehead atoms. The molecule has 0 spiro atoms. The molecular formula is H7In2O4SbSnZn3. The van der Waals surface area contributed by atoms with Crippen molar-refractivity contribution >= 4 is 97.2 Å². The summed E-state index contributed by atoms with van der Waals surface area (Å²) in [5.41, 5.74) is 0. The zero-order chi connectivity index (χ0) is 8.00. The molecular weight excluding hydrogens is 730 g/mol. The van der Waals surface area contributed by atoms with Crippen molar-refractivity contribution in [1.82, 2.24) is 0 Å². The number of hydrogen-bond acceptors (Lipinski definition) is 4. The van der Waals surface area contributed by atoms with Crippen LogP contribution in [0, 0.1) is 0 Å². The third-order valence-corrected chi connectivity index (χ3v) is 0. The predicted octanol–water partition coefficient (Wildman–Crippen LogP) is -3.88. The van der Waals surface area contributed by atoms with Gasteiger partial charge in [-0.2, -0.15) is 0 Å². The van der Waals surface area contributed by atoms with Gasteiger partial charge in [-0.1, -0.05) is 0 Å². The van der Waals surface area contributed by atoms with E-state index in [1.165, 1.54) is 0 Å². The van der Waals surface area contributed by atoms with Gasteiger partial charge < -0.3 is 0 Å². The van der Waals surface area contributed by atoms with Crippen LogP contribution in [-0.4, -0.2) is 97.2 Å². The van der Waals surface area contributed by atoms with Crippen LogP contribution in [0.5, 0.6) is 0 Å². The summed E-state index contributed by atoms with van der Waals surface area (Å²) in [5.74, 6) is 0. The Morgan fingerprint density at radius 2 is 0.818 bits per heavy atom. The SMILES string of the molecule is [InH3].[InH3].[O]=[SbH].[O]=[Sn].[O]=[Zn].[O]=[Zn].[Zn]. The molecule has 52 valence electrons. The molecule has 4 nitrogen and oxygen atoms in total. The van der Waals surface area contributed by atoms with E-state index in [2.05, 4.69) is 0 Å². The van der Waals surface area contributed by atoms with Gasteiger partial charge in [0.1, 0.15) is 0 Å². The summed E-state index contributed by atoms with van der Waals surface area (Å²) >= 11 is 0.850. The Labute approximate surface area is 162 Å². The number of hydrogen-bond donors (Lipinski definition) is 0. The van der Waals surface area contributed by atoms with Gasteiger partial charge in [-0.15, -0.1) is 0 Å². The average Bonchev–Trinajstić information content (AvgIpc) is 2.03. The minimum Gasteiger partial charge on any atom is 0 e. The van der Waals surface area contributed by atoms with Crippen molar-refractivity contribution < 1.29 is 69.2 Å². The molecule has 0 aliphatic rings. The van der Waals surface area contributed by atoms with Gasteiger partial charge in [0.05, 0.1) is 0 Å².